The molecule has 7 heteroatoms. The van der Waals surface area contributed by atoms with Gasteiger partial charge in [-0.3, -0.25) is 14.9 Å². The number of rotatable bonds is 10. The lowest BCUT2D eigenvalue weighted by atomic mass is 10.1. The van der Waals surface area contributed by atoms with Gasteiger partial charge in [-0.2, -0.15) is 0 Å². The van der Waals surface area contributed by atoms with E-state index in [4.69, 9.17) is 17.0 Å². The Kier molecular flexibility index (Phi) is 10.1. The third-order valence-electron chi connectivity index (χ3n) is 4.90. The normalized spacial score (nSPS) is 11.4. The zero-order valence-corrected chi connectivity index (χ0v) is 20.1. The predicted molar refractivity (Wildman–Crippen MR) is 133 cm³/mol. The van der Waals surface area contributed by atoms with E-state index in [9.17, 15) is 9.59 Å². The summed E-state index contributed by atoms with van der Waals surface area (Å²) in [4.78, 5) is 27.2. The molecule has 2 aromatic carbocycles. The molecule has 0 aliphatic rings. The van der Waals surface area contributed by atoms with Crippen LogP contribution in [0.5, 0.6) is 5.75 Å². The third kappa shape index (κ3) is 7.64. The highest BCUT2D eigenvalue weighted by Crippen LogP contribution is 2.16. The van der Waals surface area contributed by atoms with Gasteiger partial charge < -0.3 is 15.0 Å². The smallest absolute Gasteiger partial charge is 0.257 e. The Morgan fingerprint density at radius 1 is 1.00 bits per heavy atom. The molecule has 0 bridgehead atoms. The fraction of sp³-hybridized carbons (Fsp3) is 0.400. The topological polar surface area (TPSA) is 70.7 Å². The zero-order valence-electron chi connectivity index (χ0n) is 19.3. The molecule has 0 heterocycles. The van der Waals surface area contributed by atoms with Crippen LogP contribution in [-0.2, 0) is 0 Å². The largest absolute Gasteiger partial charge is 0.491 e. The number of amides is 2. The summed E-state index contributed by atoms with van der Waals surface area (Å²) in [5, 5.41) is 5.83. The number of nitrogens with zero attached hydrogens (tertiary/aromatic N) is 1. The first-order valence-electron chi connectivity index (χ1n) is 11.2. The van der Waals surface area contributed by atoms with Crippen LogP contribution in [0.15, 0.2) is 48.5 Å². The van der Waals surface area contributed by atoms with Gasteiger partial charge in [-0.1, -0.05) is 26.8 Å². The van der Waals surface area contributed by atoms with Gasteiger partial charge in [-0.15, -0.1) is 0 Å². The number of hydrogen-bond donors (Lipinski definition) is 2. The maximum absolute atomic E-state index is 12.8. The summed E-state index contributed by atoms with van der Waals surface area (Å²) in [5.41, 5.74) is 1.71. The summed E-state index contributed by atoms with van der Waals surface area (Å²) in [7, 11) is 0. The molecule has 2 amide bonds. The summed E-state index contributed by atoms with van der Waals surface area (Å²) in [6.45, 7) is 9.61. The van der Waals surface area contributed by atoms with Crippen LogP contribution >= 0.6 is 12.2 Å². The monoisotopic (exact) mass is 455 g/mol. The van der Waals surface area contributed by atoms with E-state index in [2.05, 4.69) is 31.4 Å². The van der Waals surface area contributed by atoms with Crippen molar-refractivity contribution in [3.63, 3.8) is 0 Å². The second kappa shape index (κ2) is 12.8. The first kappa shape index (κ1) is 25.3. The first-order chi connectivity index (χ1) is 15.4. The van der Waals surface area contributed by atoms with Gasteiger partial charge in [-0.25, -0.2) is 0 Å². The molecule has 0 aliphatic heterocycles. The number of benzene rings is 2. The summed E-state index contributed by atoms with van der Waals surface area (Å²) in [5.74, 6) is 0.396. The molecular weight excluding hydrogens is 422 g/mol. The van der Waals surface area contributed by atoms with Crippen molar-refractivity contribution in [2.24, 2.45) is 0 Å². The molecule has 0 saturated carbocycles. The molecule has 172 valence electrons. The average molecular weight is 456 g/mol. The van der Waals surface area contributed by atoms with Crippen molar-refractivity contribution in [1.82, 2.24) is 10.2 Å². The molecule has 32 heavy (non-hydrogen) atoms. The molecule has 6 nitrogen and oxygen atoms in total. The molecule has 2 rings (SSSR count). The van der Waals surface area contributed by atoms with Crippen molar-refractivity contribution in [3.8, 4) is 5.75 Å². The van der Waals surface area contributed by atoms with Crippen LogP contribution in [0.2, 0.25) is 0 Å². The maximum atomic E-state index is 12.8. The van der Waals surface area contributed by atoms with E-state index in [0.717, 1.165) is 38.1 Å². The number of carbonyl (C=O) groups excluding carboxylic acids is 2. The van der Waals surface area contributed by atoms with E-state index in [1.165, 1.54) is 0 Å². The van der Waals surface area contributed by atoms with E-state index >= 15 is 0 Å². The van der Waals surface area contributed by atoms with Gasteiger partial charge >= 0.3 is 0 Å². The summed E-state index contributed by atoms with van der Waals surface area (Å²) in [6, 6.07) is 14.1. The molecule has 1 atom stereocenters. The average Bonchev–Trinajstić information content (AvgIpc) is 2.78. The number of thiocarbonyl (C=S) groups is 1. The van der Waals surface area contributed by atoms with E-state index in [1.807, 2.05) is 11.8 Å². The minimum Gasteiger partial charge on any atom is -0.491 e. The Morgan fingerprint density at radius 2 is 1.66 bits per heavy atom. The van der Waals surface area contributed by atoms with E-state index in [0.29, 0.717) is 16.8 Å². The molecule has 1 unspecified atom stereocenters. The molecule has 0 aromatic heterocycles. The number of ether oxygens (including phenoxy) is 1. The van der Waals surface area contributed by atoms with Gasteiger partial charge in [0, 0.05) is 29.9 Å². The quantitative estimate of drug-likeness (QED) is 0.479. The summed E-state index contributed by atoms with van der Waals surface area (Å²) in [6.07, 6.45) is 2.84. The van der Waals surface area contributed by atoms with Gasteiger partial charge in [0.25, 0.3) is 11.8 Å². The minimum absolute atomic E-state index is 0.00740. The van der Waals surface area contributed by atoms with E-state index in [-0.39, 0.29) is 23.0 Å². The molecule has 2 N–H and O–H groups in total. The van der Waals surface area contributed by atoms with Crippen LogP contribution in [-0.4, -0.2) is 41.0 Å². The van der Waals surface area contributed by atoms with E-state index in [1.54, 1.807) is 48.5 Å². The lowest BCUT2D eigenvalue weighted by Crippen LogP contribution is -2.34. The lowest BCUT2D eigenvalue weighted by Gasteiger charge is -2.21. The van der Waals surface area contributed by atoms with Crippen LogP contribution in [0.3, 0.4) is 0 Å². The van der Waals surface area contributed by atoms with Gasteiger partial charge in [0.2, 0.25) is 0 Å². The summed E-state index contributed by atoms with van der Waals surface area (Å²) >= 11 is 5.29. The SMILES string of the molecule is CCCN(CCC)C(=O)c1cccc(NC(=S)NC(=O)c2ccc(OC(C)CC)cc2)c1. The minimum atomic E-state index is -0.318. The Bertz CT molecular complexity index is 909. The molecule has 0 radical (unpaired) electrons. The van der Waals surface area contributed by atoms with Crippen LogP contribution in [0.1, 0.15) is 67.7 Å². The van der Waals surface area contributed by atoms with Crippen molar-refractivity contribution >= 4 is 34.8 Å². The number of nitrogens with one attached hydrogen (secondary N) is 2. The van der Waals surface area contributed by atoms with Crippen molar-refractivity contribution < 1.29 is 14.3 Å². The lowest BCUT2D eigenvalue weighted by molar-refractivity contribution is 0.0755. The molecule has 0 fully saturated rings. The number of anilines is 1. The van der Waals surface area contributed by atoms with Crippen LogP contribution in [0.25, 0.3) is 0 Å². The van der Waals surface area contributed by atoms with Crippen LogP contribution < -0.4 is 15.4 Å². The standard InChI is InChI=1S/C25H33N3O3S/c1-5-15-28(16-6-2)24(30)20-9-8-10-21(17-20)26-25(32)27-23(29)19-11-13-22(14-12-19)31-18(4)7-3/h8-14,17-18H,5-7,15-16H2,1-4H3,(H2,26,27,29,32). The third-order valence-corrected chi connectivity index (χ3v) is 5.10. The van der Waals surface area contributed by atoms with Crippen molar-refractivity contribution in [3.05, 3.63) is 59.7 Å². The fourth-order valence-electron chi connectivity index (χ4n) is 3.11. The highest BCUT2D eigenvalue weighted by atomic mass is 32.1. The van der Waals surface area contributed by atoms with Gasteiger partial charge in [-0.05, 0) is 80.9 Å². The summed E-state index contributed by atoms with van der Waals surface area (Å²) < 4.78 is 5.74. The predicted octanol–water partition coefficient (Wildman–Crippen LogP) is 5.25. The van der Waals surface area contributed by atoms with E-state index < -0.39 is 0 Å². The Labute approximate surface area is 196 Å². The number of carbonyl (C=O) groups is 2. The molecule has 0 spiro atoms. The Morgan fingerprint density at radius 3 is 2.25 bits per heavy atom. The first-order valence-corrected chi connectivity index (χ1v) is 11.6. The second-order valence-electron chi connectivity index (χ2n) is 7.64. The second-order valence-corrected chi connectivity index (χ2v) is 8.05. The highest BCUT2D eigenvalue weighted by Gasteiger charge is 2.15. The highest BCUT2D eigenvalue weighted by molar-refractivity contribution is 7.80. The van der Waals surface area contributed by atoms with Crippen molar-refractivity contribution in [2.45, 2.75) is 53.1 Å². The molecular formula is C25H33N3O3S. The fourth-order valence-corrected chi connectivity index (χ4v) is 3.32. The molecule has 0 aliphatic carbocycles. The van der Waals surface area contributed by atoms with Crippen LogP contribution in [0.4, 0.5) is 5.69 Å². The number of hydrogen-bond acceptors (Lipinski definition) is 4. The van der Waals surface area contributed by atoms with Gasteiger partial charge in [0.1, 0.15) is 5.75 Å². The van der Waals surface area contributed by atoms with Gasteiger partial charge in [0.05, 0.1) is 6.10 Å². The zero-order chi connectivity index (χ0) is 23.5. The Balaban J connectivity index is 1.98. The maximum Gasteiger partial charge on any atom is 0.257 e. The van der Waals surface area contributed by atoms with Crippen LogP contribution in [0, 0.1) is 0 Å². The van der Waals surface area contributed by atoms with Crippen molar-refractivity contribution in [1.29, 1.82) is 0 Å². The Hall–Kier alpha value is -2.93. The van der Waals surface area contributed by atoms with Gasteiger partial charge in [0.15, 0.2) is 5.11 Å². The molecule has 2 aromatic rings. The molecule has 0 saturated heterocycles. The van der Waals surface area contributed by atoms with Crippen molar-refractivity contribution in [2.75, 3.05) is 18.4 Å².